The van der Waals surface area contributed by atoms with Crippen molar-refractivity contribution in [1.82, 2.24) is 10.2 Å². The Bertz CT molecular complexity index is 590. The molecule has 2 amide bonds. The Hall–Kier alpha value is -2.04. The summed E-state index contributed by atoms with van der Waals surface area (Å²) in [5.41, 5.74) is 3.06. The van der Waals surface area contributed by atoms with Gasteiger partial charge in [0.1, 0.15) is 0 Å². The van der Waals surface area contributed by atoms with E-state index in [1.807, 2.05) is 50.8 Å². The van der Waals surface area contributed by atoms with Crippen LogP contribution in [0.3, 0.4) is 0 Å². The van der Waals surface area contributed by atoms with Crippen molar-refractivity contribution < 1.29 is 14.3 Å². The minimum Gasteiger partial charge on any atom is -0.449 e. The Morgan fingerprint density at radius 2 is 1.88 bits per heavy atom. The van der Waals surface area contributed by atoms with E-state index in [4.69, 9.17) is 4.74 Å². The van der Waals surface area contributed by atoms with E-state index in [2.05, 4.69) is 5.32 Å². The normalized spacial score (nSPS) is 15.5. The first-order chi connectivity index (χ1) is 11.4. The highest BCUT2D eigenvalue weighted by molar-refractivity contribution is 5.94. The largest absolute Gasteiger partial charge is 0.449 e. The van der Waals surface area contributed by atoms with E-state index < -0.39 is 0 Å². The number of likely N-dealkylation sites (tertiary alicyclic amines) is 1. The molecular weight excluding hydrogens is 304 g/mol. The molecule has 24 heavy (non-hydrogen) atoms. The molecule has 0 aliphatic carbocycles. The molecule has 1 saturated heterocycles. The van der Waals surface area contributed by atoms with Crippen LogP contribution in [-0.2, 0) is 4.74 Å². The number of benzene rings is 1. The predicted molar refractivity (Wildman–Crippen MR) is 94.2 cm³/mol. The summed E-state index contributed by atoms with van der Waals surface area (Å²) in [5, 5.41) is 2.89. The van der Waals surface area contributed by atoms with Gasteiger partial charge in [-0.2, -0.15) is 0 Å². The van der Waals surface area contributed by atoms with E-state index in [1.165, 1.54) is 5.56 Å². The molecule has 0 radical (unpaired) electrons. The second-order valence-electron chi connectivity index (χ2n) is 7.00. The Kier molecular flexibility index (Phi) is 6.23. The van der Waals surface area contributed by atoms with Gasteiger partial charge in [-0.3, -0.25) is 4.79 Å². The molecular formula is C19H28N2O3. The first-order valence-electron chi connectivity index (χ1n) is 8.66. The third kappa shape index (κ3) is 4.98. The van der Waals surface area contributed by atoms with Gasteiger partial charge in [-0.1, -0.05) is 19.9 Å². The highest BCUT2D eigenvalue weighted by Gasteiger charge is 2.25. The van der Waals surface area contributed by atoms with Crippen LogP contribution >= 0.6 is 0 Å². The number of nitrogens with one attached hydrogen (secondary N) is 1. The standard InChI is InChI=1S/C19H28N2O3/c1-13(2)12-24-19(23)20-17-7-9-21(10-8-17)18(22)16-6-5-14(3)15(4)11-16/h5-6,11,13,17H,7-10,12H2,1-4H3,(H,20,23). The number of carbonyl (C=O) groups excluding carboxylic acids is 2. The summed E-state index contributed by atoms with van der Waals surface area (Å²) in [6.07, 6.45) is 1.16. The lowest BCUT2D eigenvalue weighted by atomic mass is 10.0. The van der Waals surface area contributed by atoms with Gasteiger partial charge >= 0.3 is 6.09 Å². The Morgan fingerprint density at radius 3 is 2.46 bits per heavy atom. The first-order valence-corrected chi connectivity index (χ1v) is 8.66. The number of piperidine rings is 1. The molecule has 1 aromatic rings. The van der Waals surface area contributed by atoms with Crippen molar-refractivity contribution in [2.45, 2.75) is 46.6 Å². The van der Waals surface area contributed by atoms with E-state index in [9.17, 15) is 9.59 Å². The molecule has 5 heteroatoms. The molecule has 2 rings (SSSR count). The van der Waals surface area contributed by atoms with Crippen molar-refractivity contribution in [1.29, 1.82) is 0 Å². The monoisotopic (exact) mass is 332 g/mol. The van der Waals surface area contributed by atoms with E-state index in [-0.39, 0.29) is 18.0 Å². The summed E-state index contributed by atoms with van der Waals surface area (Å²) >= 11 is 0. The molecule has 1 fully saturated rings. The fourth-order valence-electron chi connectivity index (χ4n) is 2.73. The topological polar surface area (TPSA) is 58.6 Å². The number of aryl methyl sites for hydroxylation is 2. The molecule has 1 heterocycles. The first kappa shape index (κ1) is 18.3. The predicted octanol–water partition coefficient (Wildman–Crippen LogP) is 3.29. The van der Waals surface area contributed by atoms with Gasteiger partial charge in [0.25, 0.3) is 5.91 Å². The maximum Gasteiger partial charge on any atom is 0.407 e. The zero-order valence-corrected chi connectivity index (χ0v) is 15.1. The summed E-state index contributed by atoms with van der Waals surface area (Å²) in [5.74, 6) is 0.395. The lowest BCUT2D eigenvalue weighted by Crippen LogP contribution is -2.46. The lowest BCUT2D eigenvalue weighted by Gasteiger charge is -2.32. The van der Waals surface area contributed by atoms with Crippen LogP contribution in [0.4, 0.5) is 4.79 Å². The Labute approximate surface area is 144 Å². The van der Waals surface area contributed by atoms with Crippen molar-refractivity contribution >= 4 is 12.0 Å². The average molecular weight is 332 g/mol. The highest BCUT2D eigenvalue weighted by Crippen LogP contribution is 2.16. The van der Waals surface area contributed by atoms with Crippen molar-refractivity contribution in [2.75, 3.05) is 19.7 Å². The SMILES string of the molecule is Cc1ccc(C(=O)N2CCC(NC(=O)OCC(C)C)CC2)cc1C. The number of carbonyl (C=O) groups is 2. The lowest BCUT2D eigenvalue weighted by molar-refractivity contribution is 0.0700. The smallest absolute Gasteiger partial charge is 0.407 e. The van der Waals surface area contributed by atoms with Crippen molar-refractivity contribution in [3.05, 3.63) is 34.9 Å². The van der Waals surface area contributed by atoms with Crippen LogP contribution in [0.2, 0.25) is 0 Å². The van der Waals surface area contributed by atoms with Crippen LogP contribution in [-0.4, -0.2) is 42.6 Å². The summed E-state index contributed by atoms with van der Waals surface area (Å²) in [6, 6.07) is 5.90. The van der Waals surface area contributed by atoms with Crippen LogP contribution < -0.4 is 5.32 Å². The minimum absolute atomic E-state index is 0.0685. The van der Waals surface area contributed by atoms with Crippen molar-refractivity contribution in [3.63, 3.8) is 0 Å². The van der Waals surface area contributed by atoms with Gasteiger partial charge < -0.3 is 15.0 Å². The minimum atomic E-state index is -0.359. The number of amides is 2. The quantitative estimate of drug-likeness (QED) is 0.920. The number of hydrogen-bond acceptors (Lipinski definition) is 3. The van der Waals surface area contributed by atoms with Crippen molar-refractivity contribution in [3.8, 4) is 0 Å². The average Bonchev–Trinajstić information content (AvgIpc) is 2.55. The molecule has 0 atom stereocenters. The molecule has 0 aromatic heterocycles. The molecule has 0 spiro atoms. The van der Waals surface area contributed by atoms with Gasteiger partial charge in [0.2, 0.25) is 0 Å². The molecule has 0 bridgehead atoms. The second-order valence-corrected chi connectivity index (χ2v) is 7.00. The third-order valence-corrected chi connectivity index (χ3v) is 4.41. The number of alkyl carbamates (subject to hydrolysis) is 1. The third-order valence-electron chi connectivity index (χ3n) is 4.41. The van der Waals surface area contributed by atoms with E-state index >= 15 is 0 Å². The van der Waals surface area contributed by atoms with Gasteiger partial charge in [-0.05, 0) is 55.9 Å². The maximum absolute atomic E-state index is 12.6. The Balaban J connectivity index is 1.82. The van der Waals surface area contributed by atoms with Gasteiger partial charge in [-0.15, -0.1) is 0 Å². The van der Waals surface area contributed by atoms with Gasteiger partial charge in [0.15, 0.2) is 0 Å². The van der Waals surface area contributed by atoms with Crippen LogP contribution in [0.15, 0.2) is 18.2 Å². The zero-order valence-electron chi connectivity index (χ0n) is 15.1. The Morgan fingerprint density at radius 1 is 1.21 bits per heavy atom. The highest BCUT2D eigenvalue weighted by atomic mass is 16.5. The summed E-state index contributed by atoms with van der Waals surface area (Å²) in [4.78, 5) is 26.2. The van der Waals surface area contributed by atoms with Crippen LogP contribution in [0.1, 0.15) is 48.2 Å². The number of ether oxygens (including phenoxy) is 1. The van der Waals surface area contributed by atoms with Crippen LogP contribution in [0.25, 0.3) is 0 Å². The molecule has 5 nitrogen and oxygen atoms in total. The molecule has 1 aromatic carbocycles. The van der Waals surface area contributed by atoms with Crippen LogP contribution in [0, 0.1) is 19.8 Å². The van der Waals surface area contributed by atoms with Gasteiger partial charge in [0, 0.05) is 24.7 Å². The second kappa shape index (κ2) is 8.18. The number of nitrogens with zero attached hydrogens (tertiary/aromatic N) is 1. The molecule has 0 unspecified atom stereocenters. The fraction of sp³-hybridized carbons (Fsp3) is 0.579. The molecule has 1 aliphatic rings. The van der Waals surface area contributed by atoms with Gasteiger partial charge in [0.05, 0.1) is 6.61 Å². The van der Waals surface area contributed by atoms with Crippen LogP contribution in [0.5, 0.6) is 0 Å². The fourth-order valence-corrected chi connectivity index (χ4v) is 2.73. The molecule has 0 saturated carbocycles. The molecule has 132 valence electrons. The van der Waals surface area contributed by atoms with E-state index in [0.29, 0.717) is 25.6 Å². The summed E-state index contributed by atoms with van der Waals surface area (Å²) < 4.78 is 5.14. The summed E-state index contributed by atoms with van der Waals surface area (Å²) in [7, 11) is 0. The molecule has 1 N–H and O–H groups in total. The molecule has 1 aliphatic heterocycles. The number of hydrogen-bond donors (Lipinski definition) is 1. The maximum atomic E-state index is 12.6. The van der Waals surface area contributed by atoms with Gasteiger partial charge in [-0.25, -0.2) is 4.79 Å². The van der Waals surface area contributed by atoms with Crippen molar-refractivity contribution in [2.24, 2.45) is 5.92 Å². The number of rotatable bonds is 4. The van der Waals surface area contributed by atoms with E-state index in [0.717, 1.165) is 24.0 Å². The zero-order chi connectivity index (χ0) is 17.7. The summed E-state index contributed by atoms with van der Waals surface area (Å²) in [6.45, 7) is 9.80. The van der Waals surface area contributed by atoms with E-state index in [1.54, 1.807) is 0 Å².